The molecule has 0 saturated carbocycles. The van der Waals surface area contributed by atoms with E-state index >= 15 is 0 Å². The summed E-state index contributed by atoms with van der Waals surface area (Å²) in [4.78, 5) is 4.67. The first-order chi connectivity index (χ1) is 31.8. The van der Waals surface area contributed by atoms with Gasteiger partial charge in [-0.3, -0.25) is 0 Å². The normalized spacial score (nSPS) is 11.6. The number of allylic oxidation sites excluding steroid dienone is 1. The summed E-state index contributed by atoms with van der Waals surface area (Å²) in [6.45, 7) is 0. The molecule has 0 spiro atoms. The Kier molecular flexibility index (Phi) is 11.7. The summed E-state index contributed by atoms with van der Waals surface area (Å²) in [5, 5.41) is 2.54. The Labute approximate surface area is 377 Å². The average Bonchev–Trinajstić information content (AvgIpc) is 3.38. The van der Waals surface area contributed by atoms with Crippen molar-refractivity contribution in [2.75, 3.05) is 9.80 Å². The highest BCUT2D eigenvalue weighted by molar-refractivity contribution is 5.97. The number of anilines is 6. The fourth-order valence-electron chi connectivity index (χ4n) is 8.81. The van der Waals surface area contributed by atoms with Crippen molar-refractivity contribution in [2.45, 2.75) is 12.8 Å². The van der Waals surface area contributed by atoms with Gasteiger partial charge in [0.25, 0.3) is 0 Å². The van der Waals surface area contributed by atoms with Crippen LogP contribution in [0.3, 0.4) is 0 Å². The lowest BCUT2D eigenvalue weighted by Crippen LogP contribution is -2.12. The van der Waals surface area contributed by atoms with Gasteiger partial charge in [0.05, 0.1) is 5.69 Å². The SMILES string of the molecule is C1=Cc2c(cccc2N(c2ccccc2)c2ccc(-c3ccccc3)cc2)CC1.c1ccc(-c2ccc(N(c3ccccc3)c3ccc(-c4cccc5ccccc45)cc3)cc2)cc1. The molecule has 0 saturated heterocycles. The van der Waals surface area contributed by atoms with Crippen LogP contribution in [0.1, 0.15) is 17.5 Å². The molecule has 0 heterocycles. The molecule has 1 aliphatic carbocycles. The van der Waals surface area contributed by atoms with E-state index in [-0.39, 0.29) is 0 Å². The van der Waals surface area contributed by atoms with Crippen LogP contribution in [0.25, 0.3) is 50.2 Å². The van der Waals surface area contributed by atoms with E-state index in [0.29, 0.717) is 0 Å². The summed E-state index contributed by atoms with van der Waals surface area (Å²) in [5.41, 5.74) is 17.1. The first-order valence-electron chi connectivity index (χ1n) is 22.1. The highest BCUT2D eigenvalue weighted by atomic mass is 15.1. The summed E-state index contributed by atoms with van der Waals surface area (Å²) in [5.74, 6) is 0. The van der Waals surface area contributed by atoms with Crippen molar-refractivity contribution >= 4 is 51.0 Å². The number of para-hydroxylation sites is 2. The van der Waals surface area contributed by atoms with Crippen molar-refractivity contribution in [3.63, 3.8) is 0 Å². The number of rotatable bonds is 9. The Morgan fingerprint density at radius 3 is 1.30 bits per heavy atom. The average molecular weight is 821 g/mol. The van der Waals surface area contributed by atoms with Gasteiger partial charge in [-0.1, -0.05) is 200 Å². The standard InChI is InChI=1S/C34H25N.C28H23N/c1-3-10-26(11-4-1)27-18-22-31(23-19-27)35(30-14-5-2-6-15-30)32-24-20-29(21-25-32)34-17-9-13-28-12-7-8-16-33(28)34;1-3-10-22(11-4-1)23-18-20-26(21-19-23)29(25-14-5-2-6-15-25)28-17-9-13-24-12-7-8-16-27(24)28/h1-25H;1-6,8-11,13-21H,7,12H2. The lowest BCUT2D eigenvalue weighted by Gasteiger charge is -2.29. The topological polar surface area (TPSA) is 6.48 Å². The van der Waals surface area contributed by atoms with Crippen LogP contribution >= 0.6 is 0 Å². The molecule has 0 bridgehead atoms. The van der Waals surface area contributed by atoms with Crippen molar-refractivity contribution < 1.29 is 0 Å². The van der Waals surface area contributed by atoms with Crippen molar-refractivity contribution in [3.8, 4) is 33.4 Å². The van der Waals surface area contributed by atoms with Crippen LogP contribution in [0.4, 0.5) is 34.1 Å². The molecule has 0 aromatic heterocycles. The number of aryl methyl sites for hydroxylation is 1. The Morgan fingerprint density at radius 2 is 0.719 bits per heavy atom. The van der Waals surface area contributed by atoms with Crippen molar-refractivity contribution in [1.29, 1.82) is 0 Å². The largest absolute Gasteiger partial charge is 0.311 e. The first-order valence-corrected chi connectivity index (χ1v) is 22.1. The molecule has 10 aromatic carbocycles. The quantitative estimate of drug-likeness (QED) is 0.143. The molecule has 0 aliphatic heterocycles. The predicted octanol–water partition coefficient (Wildman–Crippen LogP) is 17.4. The molecule has 1 aliphatic rings. The molecule has 0 fully saturated rings. The van der Waals surface area contributed by atoms with Crippen molar-refractivity contribution in [3.05, 3.63) is 272 Å². The van der Waals surface area contributed by atoms with Crippen LogP contribution in [0.2, 0.25) is 0 Å². The van der Waals surface area contributed by atoms with Gasteiger partial charge in [-0.2, -0.15) is 0 Å². The van der Waals surface area contributed by atoms with E-state index in [4.69, 9.17) is 0 Å². The molecular weight excluding hydrogens is 773 g/mol. The summed E-state index contributed by atoms with van der Waals surface area (Å²) < 4.78 is 0. The van der Waals surface area contributed by atoms with Gasteiger partial charge in [0, 0.05) is 34.0 Å². The molecule has 0 N–H and O–H groups in total. The second-order valence-electron chi connectivity index (χ2n) is 16.0. The third-order valence-electron chi connectivity index (χ3n) is 12.0. The van der Waals surface area contributed by atoms with Crippen LogP contribution in [-0.2, 0) is 6.42 Å². The van der Waals surface area contributed by atoms with Gasteiger partial charge in [-0.05, 0) is 129 Å². The van der Waals surface area contributed by atoms with Crippen molar-refractivity contribution in [1.82, 2.24) is 0 Å². The summed E-state index contributed by atoms with van der Waals surface area (Å²) >= 11 is 0. The van der Waals surface area contributed by atoms with E-state index in [1.807, 2.05) is 0 Å². The van der Waals surface area contributed by atoms with Crippen molar-refractivity contribution in [2.24, 2.45) is 0 Å². The van der Waals surface area contributed by atoms with Gasteiger partial charge in [-0.25, -0.2) is 0 Å². The molecule has 0 amide bonds. The summed E-state index contributed by atoms with van der Waals surface area (Å²) in [7, 11) is 0. The zero-order chi connectivity index (χ0) is 42.9. The molecule has 64 heavy (non-hydrogen) atoms. The molecule has 306 valence electrons. The maximum atomic E-state index is 2.36. The van der Waals surface area contributed by atoms with Crippen LogP contribution in [-0.4, -0.2) is 0 Å². The number of nitrogens with zero attached hydrogens (tertiary/aromatic N) is 2. The third kappa shape index (κ3) is 8.63. The van der Waals surface area contributed by atoms with Gasteiger partial charge >= 0.3 is 0 Å². The highest BCUT2D eigenvalue weighted by Gasteiger charge is 2.19. The minimum Gasteiger partial charge on any atom is -0.311 e. The minimum absolute atomic E-state index is 1.11. The Hall–Kier alpha value is -8.20. The van der Waals surface area contributed by atoms with Gasteiger partial charge < -0.3 is 9.80 Å². The molecule has 2 nitrogen and oxygen atoms in total. The van der Waals surface area contributed by atoms with E-state index < -0.39 is 0 Å². The molecule has 2 heteroatoms. The molecule has 11 rings (SSSR count). The van der Waals surface area contributed by atoms with Crippen LogP contribution in [0.15, 0.2) is 261 Å². The fourth-order valence-corrected chi connectivity index (χ4v) is 8.81. The molecule has 10 aromatic rings. The lowest BCUT2D eigenvalue weighted by atomic mass is 9.95. The van der Waals surface area contributed by atoms with E-state index in [2.05, 4.69) is 277 Å². The van der Waals surface area contributed by atoms with Crippen LogP contribution in [0.5, 0.6) is 0 Å². The smallest absolute Gasteiger partial charge is 0.0536 e. The summed E-state index contributed by atoms with van der Waals surface area (Å²) in [6, 6.07) is 90.5. The lowest BCUT2D eigenvalue weighted by molar-refractivity contribution is 0.984. The predicted molar refractivity (Wildman–Crippen MR) is 273 cm³/mol. The fraction of sp³-hybridized carbons (Fsp3) is 0.0323. The van der Waals surface area contributed by atoms with E-state index in [1.54, 1.807) is 0 Å². The zero-order valence-corrected chi connectivity index (χ0v) is 35.7. The Balaban J connectivity index is 0.000000154. The Bertz CT molecular complexity index is 3100. The number of benzene rings is 10. The third-order valence-corrected chi connectivity index (χ3v) is 12.0. The highest BCUT2D eigenvalue weighted by Crippen LogP contribution is 2.41. The van der Waals surface area contributed by atoms with Gasteiger partial charge in [0.15, 0.2) is 0 Å². The van der Waals surface area contributed by atoms with Gasteiger partial charge in [-0.15, -0.1) is 0 Å². The number of fused-ring (bicyclic) bond motifs is 2. The number of hydrogen-bond acceptors (Lipinski definition) is 2. The Morgan fingerprint density at radius 1 is 0.297 bits per heavy atom. The first kappa shape index (κ1) is 39.9. The number of hydrogen-bond donors (Lipinski definition) is 0. The monoisotopic (exact) mass is 820 g/mol. The maximum Gasteiger partial charge on any atom is 0.0536 e. The molecule has 0 radical (unpaired) electrons. The summed E-state index contributed by atoms with van der Waals surface area (Å²) in [6.07, 6.45) is 6.79. The second kappa shape index (κ2) is 18.8. The minimum atomic E-state index is 1.11. The zero-order valence-electron chi connectivity index (χ0n) is 35.7. The van der Waals surface area contributed by atoms with E-state index in [1.165, 1.54) is 72.3 Å². The maximum absolute atomic E-state index is 2.36. The van der Waals surface area contributed by atoms with Gasteiger partial charge in [0.1, 0.15) is 0 Å². The van der Waals surface area contributed by atoms with Gasteiger partial charge in [0.2, 0.25) is 0 Å². The molecule has 0 unspecified atom stereocenters. The van der Waals surface area contributed by atoms with Crippen LogP contribution < -0.4 is 9.80 Å². The van der Waals surface area contributed by atoms with E-state index in [9.17, 15) is 0 Å². The molecular formula is C62H48N2. The van der Waals surface area contributed by atoms with E-state index in [0.717, 1.165) is 29.9 Å². The van der Waals surface area contributed by atoms with Crippen LogP contribution in [0, 0.1) is 0 Å². The molecule has 0 atom stereocenters. The second-order valence-corrected chi connectivity index (χ2v) is 16.0.